The van der Waals surface area contributed by atoms with Gasteiger partial charge in [0.1, 0.15) is 0 Å². The molecule has 4 heteroatoms. The molecule has 0 heterocycles. The summed E-state index contributed by atoms with van der Waals surface area (Å²) < 4.78 is 9.80. The summed E-state index contributed by atoms with van der Waals surface area (Å²) in [6, 6.07) is 9.67. The van der Waals surface area contributed by atoms with Gasteiger partial charge in [-0.3, -0.25) is 9.59 Å². The maximum atomic E-state index is 11.7. The van der Waals surface area contributed by atoms with Crippen LogP contribution in [-0.4, -0.2) is 25.2 Å². The monoisotopic (exact) mass is 276 g/mol. The number of ether oxygens (including phenoxy) is 2. The lowest BCUT2D eigenvalue weighted by Gasteiger charge is -2.12. The lowest BCUT2D eigenvalue weighted by atomic mass is 10.0. The van der Waals surface area contributed by atoms with Gasteiger partial charge in [0.15, 0.2) is 5.92 Å². The first-order valence-corrected chi connectivity index (χ1v) is 6.73. The van der Waals surface area contributed by atoms with E-state index in [1.54, 1.807) is 19.9 Å². The molecule has 0 atom stereocenters. The van der Waals surface area contributed by atoms with E-state index >= 15 is 0 Å². The van der Waals surface area contributed by atoms with Crippen molar-refractivity contribution < 1.29 is 19.1 Å². The maximum absolute atomic E-state index is 11.7. The first kappa shape index (κ1) is 16.0. The van der Waals surface area contributed by atoms with Crippen LogP contribution in [0.4, 0.5) is 0 Å². The molecule has 20 heavy (non-hydrogen) atoms. The minimum absolute atomic E-state index is 0.247. The van der Waals surface area contributed by atoms with E-state index in [1.807, 2.05) is 36.4 Å². The largest absolute Gasteiger partial charge is 0.465 e. The fourth-order valence-corrected chi connectivity index (χ4v) is 1.68. The van der Waals surface area contributed by atoms with Gasteiger partial charge in [0.25, 0.3) is 0 Å². The molecule has 1 aromatic rings. The average Bonchev–Trinajstić information content (AvgIpc) is 2.45. The molecule has 0 N–H and O–H groups in total. The number of hydrogen-bond acceptors (Lipinski definition) is 4. The summed E-state index contributed by atoms with van der Waals surface area (Å²) in [7, 11) is 0. The van der Waals surface area contributed by atoms with Crippen molar-refractivity contribution in [3.8, 4) is 0 Å². The number of esters is 2. The van der Waals surface area contributed by atoms with Gasteiger partial charge in [-0.2, -0.15) is 0 Å². The Morgan fingerprint density at radius 1 is 1.05 bits per heavy atom. The van der Waals surface area contributed by atoms with Crippen LogP contribution in [0, 0.1) is 5.92 Å². The minimum Gasteiger partial charge on any atom is -0.465 e. The van der Waals surface area contributed by atoms with Gasteiger partial charge < -0.3 is 9.47 Å². The standard InChI is InChI=1S/C16H20O4/c1-3-19-15(17)14(16(18)20-4-2)12-8-11-13-9-6-5-7-10-13/h5-11,14H,3-4,12H2,1-2H3/b11-8-. The summed E-state index contributed by atoms with van der Waals surface area (Å²) >= 11 is 0. The quantitative estimate of drug-likeness (QED) is 0.567. The molecule has 0 unspecified atom stereocenters. The second-order valence-corrected chi connectivity index (χ2v) is 4.11. The van der Waals surface area contributed by atoms with Crippen LogP contribution in [0.3, 0.4) is 0 Å². The van der Waals surface area contributed by atoms with E-state index in [4.69, 9.17) is 9.47 Å². The third kappa shape index (κ3) is 5.26. The molecule has 4 nitrogen and oxygen atoms in total. The van der Waals surface area contributed by atoms with Crippen LogP contribution in [0.1, 0.15) is 25.8 Å². The Kier molecular flexibility index (Phi) is 7.11. The average molecular weight is 276 g/mol. The smallest absolute Gasteiger partial charge is 0.320 e. The van der Waals surface area contributed by atoms with Crippen molar-refractivity contribution in [1.82, 2.24) is 0 Å². The lowest BCUT2D eigenvalue weighted by Crippen LogP contribution is -2.27. The van der Waals surface area contributed by atoms with Crippen LogP contribution in [0.5, 0.6) is 0 Å². The van der Waals surface area contributed by atoms with Crippen molar-refractivity contribution in [1.29, 1.82) is 0 Å². The summed E-state index contributed by atoms with van der Waals surface area (Å²) in [5.74, 6) is -1.97. The molecule has 108 valence electrons. The summed E-state index contributed by atoms with van der Waals surface area (Å²) in [6.45, 7) is 3.91. The molecule has 1 rings (SSSR count). The van der Waals surface area contributed by atoms with E-state index in [0.717, 1.165) is 5.56 Å². The highest BCUT2D eigenvalue weighted by molar-refractivity contribution is 5.95. The Morgan fingerprint density at radius 2 is 1.60 bits per heavy atom. The highest BCUT2D eigenvalue weighted by atomic mass is 16.6. The maximum Gasteiger partial charge on any atom is 0.320 e. The number of carbonyl (C=O) groups excluding carboxylic acids is 2. The molecule has 0 spiro atoms. The molecule has 0 amide bonds. The topological polar surface area (TPSA) is 52.6 Å². The molecule has 0 aliphatic carbocycles. The second-order valence-electron chi connectivity index (χ2n) is 4.11. The van der Waals surface area contributed by atoms with Gasteiger partial charge >= 0.3 is 11.9 Å². The predicted molar refractivity (Wildman–Crippen MR) is 76.8 cm³/mol. The van der Waals surface area contributed by atoms with Gasteiger partial charge in [0.05, 0.1) is 13.2 Å². The Morgan fingerprint density at radius 3 is 2.10 bits per heavy atom. The van der Waals surface area contributed by atoms with Crippen LogP contribution in [0.2, 0.25) is 0 Å². The second kappa shape index (κ2) is 8.91. The molecule has 0 radical (unpaired) electrons. The Hall–Kier alpha value is -2.10. The summed E-state index contributed by atoms with van der Waals surface area (Å²) in [6.07, 6.45) is 3.92. The van der Waals surface area contributed by atoms with Crippen molar-refractivity contribution in [2.24, 2.45) is 5.92 Å². The Balaban J connectivity index is 2.67. The van der Waals surface area contributed by atoms with Crippen molar-refractivity contribution in [2.45, 2.75) is 20.3 Å². The van der Waals surface area contributed by atoms with Crippen molar-refractivity contribution >= 4 is 18.0 Å². The van der Waals surface area contributed by atoms with Gasteiger partial charge in [0.2, 0.25) is 0 Å². The fourth-order valence-electron chi connectivity index (χ4n) is 1.68. The van der Waals surface area contributed by atoms with Crippen LogP contribution in [0.25, 0.3) is 6.08 Å². The fraction of sp³-hybridized carbons (Fsp3) is 0.375. The summed E-state index contributed by atoms with van der Waals surface area (Å²) in [5, 5.41) is 0. The third-order valence-electron chi connectivity index (χ3n) is 2.62. The number of allylic oxidation sites excluding steroid dienone is 1. The van der Waals surface area contributed by atoms with Crippen LogP contribution in [0.15, 0.2) is 36.4 Å². The predicted octanol–water partition coefficient (Wildman–Crippen LogP) is 2.83. The van der Waals surface area contributed by atoms with Crippen molar-refractivity contribution in [3.63, 3.8) is 0 Å². The summed E-state index contributed by atoms with van der Waals surface area (Å²) in [4.78, 5) is 23.5. The van der Waals surface area contributed by atoms with Gasteiger partial charge in [-0.1, -0.05) is 42.5 Å². The molecule has 0 aliphatic heterocycles. The zero-order chi connectivity index (χ0) is 14.8. The summed E-state index contributed by atoms with van der Waals surface area (Å²) in [5.41, 5.74) is 1.01. The number of hydrogen-bond donors (Lipinski definition) is 0. The van der Waals surface area contributed by atoms with Crippen LogP contribution >= 0.6 is 0 Å². The highest BCUT2D eigenvalue weighted by Crippen LogP contribution is 2.12. The van der Waals surface area contributed by atoms with Gasteiger partial charge in [-0.05, 0) is 25.8 Å². The van der Waals surface area contributed by atoms with Gasteiger partial charge in [-0.15, -0.1) is 0 Å². The van der Waals surface area contributed by atoms with Crippen molar-refractivity contribution in [2.75, 3.05) is 13.2 Å². The van der Waals surface area contributed by atoms with Crippen molar-refractivity contribution in [3.05, 3.63) is 42.0 Å². The van der Waals surface area contributed by atoms with E-state index in [1.165, 1.54) is 0 Å². The van der Waals surface area contributed by atoms with Crippen LogP contribution in [-0.2, 0) is 19.1 Å². The molecule has 0 aliphatic rings. The van der Waals surface area contributed by atoms with Gasteiger partial charge in [-0.25, -0.2) is 0 Å². The van der Waals surface area contributed by atoms with E-state index in [0.29, 0.717) is 0 Å². The molecule has 0 saturated heterocycles. The third-order valence-corrected chi connectivity index (χ3v) is 2.62. The Bertz CT molecular complexity index is 433. The molecule has 0 fully saturated rings. The molecule has 0 bridgehead atoms. The minimum atomic E-state index is -0.894. The van der Waals surface area contributed by atoms with E-state index in [-0.39, 0.29) is 19.6 Å². The van der Waals surface area contributed by atoms with E-state index in [9.17, 15) is 9.59 Å². The highest BCUT2D eigenvalue weighted by Gasteiger charge is 2.28. The van der Waals surface area contributed by atoms with Gasteiger partial charge in [0, 0.05) is 0 Å². The van der Waals surface area contributed by atoms with E-state index in [2.05, 4.69) is 0 Å². The van der Waals surface area contributed by atoms with Crippen LogP contribution < -0.4 is 0 Å². The zero-order valence-electron chi connectivity index (χ0n) is 11.9. The van der Waals surface area contributed by atoms with E-state index < -0.39 is 17.9 Å². The molecule has 0 saturated carbocycles. The molecular formula is C16H20O4. The SMILES string of the molecule is CCOC(=O)C(C/C=C\c1ccccc1)C(=O)OCC. The normalized spacial score (nSPS) is 10.8. The molecule has 1 aromatic carbocycles. The lowest BCUT2D eigenvalue weighted by molar-refractivity contribution is -0.161. The number of benzene rings is 1. The zero-order valence-corrected chi connectivity index (χ0v) is 11.9. The first-order valence-electron chi connectivity index (χ1n) is 6.73. The number of rotatable bonds is 7. The number of carbonyl (C=O) groups is 2. The molecule has 0 aromatic heterocycles. The first-order chi connectivity index (χ1) is 9.69. The molecular weight excluding hydrogens is 256 g/mol. The Labute approximate surface area is 119 Å².